The summed E-state index contributed by atoms with van der Waals surface area (Å²) in [7, 11) is 0. The lowest BCUT2D eigenvalue weighted by Gasteiger charge is -2.30. The summed E-state index contributed by atoms with van der Waals surface area (Å²) in [5.74, 6) is -0.941. The zero-order chi connectivity index (χ0) is 26.1. The lowest BCUT2D eigenvalue weighted by molar-refractivity contribution is -0.123. The average Bonchev–Trinajstić information content (AvgIpc) is 3.34. The fourth-order valence-corrected chi connectivity index (χ4v) is 5.73. The number of thiazole rings is 1. The maximum atomic E-state index is 13.6. The predicted molar refractivity (Wildman–Crippen MR) is 149 cm³/mol. The van der Waals surface area contributed by atoms with Gasteiger partial charge in [-0.25, -0.2) is 9.78 Å². The molecule has 6 rings (SSSR count). The summed E-state index contributed by atoms with van der Waals surface area (Å²) in [4.78, 5) is 38.2. The third-order valence-electron chi connectivity index (χ3n) is 6.76. The number of carbonyl (C=O) groups is 2. The van der Waals surface area contributed by atoms with E-state index in [1.165, 1.54) is 16.9 Å². The van der Waals surface area contributed by atoms with Gasteiger partial charge in [0.2, 0.25) is 0 Å². The molecule has 0 spiro atoms. The first-order valence-electron chi connectivity index (χ1n) is 12.6. The molecule has 3 aromatic carbocycles. The average molecular weight is 523 g/mol. The molecule has 1 amide bonds. The largest absolute Gasteiger partial charge is 0.449 e. The number of hydrogen-bond donors (Lipinski definition) is 1. The summed E-state index contributed by atoms with van der Waals surface area (Å²) in [6.07, 6.45) is -0.262. The van der Waals surface area contributed by atoms with E-state index in [1.54, 1.807) is 6.92 Å². The number of fused-ring (bicyclic) bond motifs is 3. The normalized spacial score (nSPS) is 14.2. The van der Waals surface area contributed by atoms with Crippen LogP contribution >= 0.6 is 11.3 Å². The molecular weight excluding hydrogens is 496 g/mol. The Kier molecular flexibility index (Phi) is 6.57. The van der Waals surface area contributed by atoms with Crippen LogP contribution in [-0.4, -0.2) is 39.4 Å². The number of nitrogens with one attached hydrogen (secondary N) is 1. The first-order chi connectivity index (χ1) is 18.5. The Morgan fingerprint density at radius 3 is 2.53 bits per heavy atom. The van der Waals surface area contributed by atoms with Crippen molar-refractivity contribution in [2.75, 3.05) is 11.9 Å². The monoisotopic (exact) mass is 522 g/mol. The van der Waals surface area contributed by atoms with Crippen LogP contribution in [-0.2, 0) is 29.0 Å². The number of nitrogens with zero attached hydrogens (tertiary/aromatic N) is 3. The maximum absolute atomic E-state index is 13.6. The van der Waals surface area contributed by atoms with Crippen molar-refractivity contribution in [3.63, 3.8) is 0 Å². The maximum Gasteiger partial charge on any atom is 0.339 e. The van der Waals surface area contributed by atoms with Gasteiger partial charge < -0.3 is 4.74 Å². The van der Waals surface area contributed by atoms with Gasteiger partial charge in [0.1, 0.15) is 0 Å². The second kappa shape index (κ2) is 10.3. The van der Waals surface area contributed by atoms with Crippen LogP contribution < -0.4 is 5.32 Å². The number of benzene rings is 3. The minimum Gasteiger partial charge on any atom is -0.449 e. The predicted octanol–water partition coefficient (Wildman–Crippen LogP) is 5.59. The number of esters is 1. The molecule has 0 saturated heterocycles. The highest BCUT2D eigenvalue weighted by Gasteiger charge is 2.29. The van der Waals surface area contributed by atoms with E-state index in [1.807, 2.05) is 66.7 Å². The number of aromatic nitrogens is 2. The molecule has 5 aromatic rings. The Balaban J connectivity index is 1.25. The van der Waals surface area contributed by atoms with Gasteiger partial charge in [-0.2, -0.15) is 0 Å². The first-order valence-corrected chi connectivity index (χ1v) is 13.4. The number of ether oxygens (including phenoxy) is 1. The molecule has 38 heavy (non-hydrogen) atoms. The number of anilines is 1. The molecule has 190 valence electrons. The lowest BCUT2D eigenvalue weighted by atomic mass is 9.95. The summed E-state index contributed by atoms with van der Waals surface area (Å²) in [5.41, 5.74) is 5.05. The van der Waals surface area contributed by atoms with E-state index < -0.39 is 18.0 Å². The topological polar surface area (TPSA) is 84.4 Å². The van der Waals surface area contributed by atoms with Crippen molar-refractivity contribution in [1.29, 1.82) is 0 Å². The minimum absolute atomic E-state index is 0.421. The van der Waals surface area contributed by atoms with Crippen molar-refractivity contribution in [3.8, 4) is 0 Å². The second-order valence-corrected chi connectivity index (χ2v) is 10.4. The number of hydrogen-bond acceptors (Lipinski definition) is 7. The van der Waals surface area contributed by atoms with E-state index in [2.05, 4.69) is 27.3 Å². The summed E-state index contributed by atoms with van der Waals surface area (Å²) in [6.45, 7) is 3.79. The van der Waals surface area contributed by atoms with Gasteiger partial charge >= 0.3 is 5.97 Å². The number of rotatable bonds is 6. The van der Waals surface area contributed by atoms with Gasteiger partial charge in [-0.3, -0.25) is 20.0 Å². The van der Waals surface area contributed by atoms with Crippen LogP contribution in [0.5, 0.6) is 0 Å². The van der Waals surface area contributed by atoms with Crippen LogP contribution in [0.1, 0.15) is 34.1 Å². The SMILES string of the molecule is CC(OC(=O)c1c2c(nc3ccccc13)CCN(Cc1ccccc1)C2)C(=O)Nc1nc2ccccc2s1. The molecule has 0 saturated carbocycles. The van der Waals surface area contributed by atoms with E-state index >= 15 is 0 Å². The lowest BCUT2D eigenvalue weighted by Crippen LogP contribution is -2.34. The molecule has 0 bridgehead atoms. The second-order valence-electron chi connectivity index (χ2n) is 9.40. The molecule has 1 aliphatic rings. The summed E-state index contributed by atoms with van der Waals surface area (Å²) >= 11 is 1.38. The molecule has 1 unspecified atom stereocenters. The summed E-state index contributed by atoms with van der Waals surface area (Å²) < 4.78 is 6.73. The molecule has 3 heterocycles. The molecule has 2 aromatic heterocycles. The number of amides is 1. The standard InChI is InChI=1S/C30H26N4O3S/c1-19(28(35)33-30-32-25-13-7-8-14-26(25)38-30)37-29(36)27-21-11-5-6-12-23(21)31-24-15-16-34(18-22(24)27)17-20-9-3-2-4-10-20/h2-14,19H,15-18H2,1H3,(H,32,33,35). The number of pyridine rings is 1. The van der Waals surface area contributed by atoms with Crippen molar-refractivity contribution >= 4 is 49.5 Å². The van der Waals surface area contributed by atoms with Crippen molar-refractivity contribution in [3.05, 3.63) is 101 Å². The first kappa shape index (κ1) is 24.2. The fraction of sp³-hybridized carbons (Fsp3) is 0.200. The van der Waals surface area contributed by atoms with Crippen LogP contribution in [0.3, 0.4) is 0 Å². The van der Waals surface area contributed by atoms with Crippen molar-refractivity contribution in [2.24, 2.45) is 0 Å². The van der Waals surface area contributed by atoms with Gasteiger partial charge in [-0.15, -0.1) is 0 Å². The smallest absolute Gasteiger partial charge is 0.339 e. The quantitative estimate of drug-likeness (QED) is 0.293. The number of para-hydroxylation sites is 2. The number of carbonyl (C=O) groups excluding carboxylic acids is 2. The van der Waals surface area contributed by atoms with Crippen LogP contribution in [0.15, 0.2) is 78.9 Å². The Bertz CT molecular complexity index is 1620. The molecule has 0 radical (unpaired) electrons. The molecule has 8 heteroatoms. The van der Waals surface area contributed by atoms with E-state index in [-0.39, 0.29) is 0 Å². The highest BCUT2D eigenvalue weighted by molar-refractivity contribution is 7.22. The molecule has 7 nitrogen and oxygen atoms in total. The van der Waals surface area contributed by atoms with Gasteiger partial charge in [-0.05, 0) is 30.7 Å². The molecular formula is C30H26N4O3S. The van der Waals surface area contributed by atoms with Crippen LogP contribution in [0, 0.1) is 0 Å². The van der Waals surface area contributed by atoms with Crippen LogP contribution in [0.25, 0.3) is 21.1 Å². The third-order valence-corrected chi connectivity index (χ3v) is 7.71. The van der Waals surface area contributed by atoms with Gasteiger partial charge in [0.05, 0.1) is 21.3 Å². The molecule has 0 aliphatic carbocycles. The van der Waals surface area contributed by atoms with Crippen molar-refractivity contribution in [1.82, 2.24) is 14.9 Å². The third kappa shape index (κ3) is 4.88. The van der Waals surface area contributed by atoms with Crippen LogP contribution in [0.4, 0.5) is 5.13 Å². The Morgan fingerprint density at radius 2 is 1.71 bits per heavy atom. The van der Waals surface area contributed by atoms with Crippen molar-refractivity contribution in [2.45, 2.75) is 32.5 Å². The molecule has 1 atom stereocenters. The van der Waals surface area contributed by atoms with Gasteiger partial charge in [0.15, 0.2) is 11.2 Å². The van der Waals surface area contributed by atoms with Gasteiger partial charge in [0, 0.05) is 42.7 Å². The molecule has 0 fully saturated rings. The van der Waals surface area contributed by atoms with Gasteiger partial charge in [0.25, 0.3) is 5.91 Å². The Labute approximate surface area is 224 Å². The highest BCUT2D eigenvalue weighted by atomic mass is 32.1. The van der Waals surface area contributed by atoms with E-state index in [9.17, 15) is 9.59 Å². The van der Waals surface area contributed by atoms with Gasteiger partial charge in [-0.1, -0.05) is 72.0 Å². The zero-order valence-corrected chi connectivity index (χ0v) is 21.7. The minimum atomic E-state index is -0.999. The fourth-order valence-electron chi connectivity index (χ4n) is 4.86. The Morgan fingerprint density at radius 1 is 0.974 bits per heavy atom. The highest BCUT2D eigenvalue weighted by Crippen LogP contribution is 2.30. The molecule has 1 aliphatic heterocycles. The molecule has 1 N–H and O–H groups in total. The summed E-state index contributed by atoms with van der Waals surface area (Å²) in [5, 5.41) is 4.00. The summed E-state index contributed by atoms with van der Waals surface area (Å²) in [6, 6.07) is 25.6. The Hall–Kier alpha value is -4.14. The van der Waals surface area contributed by atoms with E-state index in [0.29, 0.717) is 17.2 Å². The van der Waals surface area contributed by atoms with Crippen molar-refractivity contribution < 1.29 is 14.3 Å². The van der Waals surface area contributed by atoms with E-state index in [0.717, 1.165) is 51.9 Å². The zero-order valence-electron chi connectivity index (χ0n) is 20.9. The van der Waals surface area contributed by atoms with E-state index in [4.69, 9.17) is 9.72 Å². The van der Waals surface area contributed by atoms with Crippen LogP contribution in [0.2, 0.25) is 0 Å².